The van der Waals surface area contributed by atoms with Crippen molar-refractivity contribution in [2.45, 2.75) is 19.0 Å². The summed E-state index contributed by atoms with van der Waals surface area (Å²) in [5, 5.41) is 10.9. The van der Waals surface area contributed by atoms with E-state index >= 15 is 0 Å². The Kier molecular flexibility index (Phi) is 4.39. The average Bonchev–Trinajstić information content (AvgIpc) is 2.60. The summed E-state index contributed by atoms with van der Waals surface area (Å²) >= 11 is 0. The van der Waals surface area contributed by atoms with Crippen LogP contribution in [0.2, 0.25) is 0 Å². The Morgan fingerprint density at radius 2 is 1.84 bits per heavy atom. The van der Waals surface area contributed by atoms with E-state index in [1.165, 1.54) is 12.3 Å². The number of benzene rings is 2. The van der Waals surface area contributed by atoms with Gasteiger partial charge in [-0.15, -0.1) is 0 Å². The van der Waals surface area contributed by atoms with Gasteiger partial charge in [0.2, 0.25) is 0 Å². The minimum absolute atomic E-state index is 0.133. The standard InChI is InChI=1S/C18H14F3N3O/c1-11(18(19,20)21)16-15-8-7-14(9-13(15)10-22-24-16)23-17(25)12-5-3-2-4-6-12/h2-11H,1H3,(H,23,25)/t11-/m0/s1. The van der Waals surface area contributed by atoms with Crippen molar-refractivity contribution < 1.29 is 18.0 Å². The quantitative estimate of drug-likeness (QED) is 0.758. The minimum atomic E-state index is -4.40. The molecule has 25 heavy (non-hydrogen) atoms. The number of halogens is 3. The van der Waals surface area contributed by atoms with E-state index < -0.39 is 12.1 Å². The first kappa shape index (κ1) is 16.9. The number of hydrogen-bond donors (Lipinski definition) is 1. The molecular weight excluding hydrogens is 331 g/mol. The van der Waals surface area contributed by atoms with E-state index in [0.29, 0.717) is 22.0 Å². The fourth-order valence-corrected chi connectivity index (χ4v) is 2.46. The fraction of sp³-hybridized carbons (Fsp3) is 0.167. The van der Waals surface area contributed by atoms with Gasteiger partial charge in [0.15, 0.2) is 0 Å². The molecule has 0 unspecified atom stereocenters. The lowest BCUT2D eigenvalue weighted by Gasteiger charge is -2.16. The highest BCUT2D eigenvalue weighted by Gasteiger charge is 2.39. The summed E-state index contributed by atoms with van der Waals surface area (Å²) in [6.07, 6.45) is -3.02. The summed E-state index contributed by atoms with van der Waals surface area (Å²) in [5.74, 6) is -2.03. The summed E-state index contributed by atoms with van der Waals surface area (Å²) in [7, 11) is 0. The highest BCUT2D eigenvalue weighted by atomic mass is 19.4. The molecule has 1 aromatic heterocycles. The smallest absolute Gasteiger partial charge is 0.322 e. The first-order chi connectivity index (χ1) is 11.9. The number of aromatic nitrogens is 2. The van der Waals surface area contributed by atoms with Crippen LogP contribution in [0.25, 0.3) is 10.8 Å². The molecule has 3 aromatic rings. The summed E-state index contributed by atoms with van der Waals surface area (Å²) < 4.78 is 38.9. The molecule has 0 aliphatic rings. The second-order valence-corrected chi connectivity index (χ2v) is 5.62. The van der Waals surface area contributed by atoms with Crippen molar-refractivity contribution in [2.75, 3.05) is 5.32 Å². The molecule has 3 rings (SSSR count). The monoisotopic (exact) mass is 345 g/mol. The molecule has 7 heteroatoms. The third-order valence-corrected chi connectivity index (χ3v) is 3.88. The van der Waals surface area contributed by atoms with Crippen LogP contribution in [0.3, 0.4) is 0 Å². The van der Waals surface area contributed by atoms with Crippen LogP contribution in [0.15, 0.2) is 54.7 Å². The van der Waals surface area contributed by atoms with Crippen LogP contribution >= 0.6 is 0 Å². The number of anilines is 1. The Hall–Kier alpha value is -2.96. The van der Waals surface area contributed by atoms with E-state index in [-0.39, 0.29) is 11.6 Å². The summed E-state index contributed by atoms with van der Waals surface area (Å²) in [6.45, 7) is 1.05. The van der Waals surface area contributed by atoms with Crippen LogP contribution in [0.5, 0.6) is 0 Å². The van der Waals surface area contributed by atoms with Gasteiger partial charge in [-0.1, -0.05) is 24.3 Å². The molecule has 1 amide bonds. The lowest BCUT2D eigenvalue weighted by molar-refractivity contribution is -0.146. The van der Waals surface area contributed by atoms with Gasteiger partial charge in [-0.25, -0.2) is 0 Å². The van der Waals surface area contributed by atoms with E-state index in [4.69, 9.17) is 0 Å². The van der Waals surface area contributed by atoms with E-state index in [1.807, 2.05) is 0 Å². The molecule has 2 aromatic carbocycles. The number of alkyl halides is 3. The van der Waals surface area contributed by atoms with Crippen molar-refractivity contribution in [2.24, 2.45) is 0 Å². The number of rotatable bonds is 3. The summed E-state index contributed by atoms with van der Waals surface area (Å²) in [4.78, 5) is 12.2. The third-order valence-electron chi connectivity index (χ3n) is 3.88. The molecule has 0 fully saturated rings. The Morgan fingerprint density at radius 3 is 2.52 bits per heavy atom. The zero-order valence-corrected chi connectivity index (χ0v) is 13.2. The minimum Gasteiger partial charge on any atom is -0.322 e. The molecule has 0 saturated heterocycles. The Morgan fingerprint density at radius 1 is 1.12 bits per heavy atom. The van der Waals surface area contributed by atoms with Crippen LogP contribution in [0.4, 0.5) is 18.9 Å². The number of carbonyl (C=O) groups is 1. The molecule has 1 N–H and O–H groups in total. The van der Waals surface area contributed by atoms with Crippen molar-refractivity contribution in [1.29, 1.82) is 0 Å². The van der Waals surface area contributed by atoms with Crippen LogP contribution in [-0.2, 0) is 0 Å². The van der Waals surface area contributed by atoms with E-state index in [2.05, 4.69) is 15.5 Å². The largest absolute Gasteiger partial charge is 0.397 e. The van der Waals surface area contributed by atoms with Crippen molar-refractivity contribution in [3.63, 3.8) is 0 Å². The SMILES string of the molecule is C[C@@H](c1nncc2cc(NC(=O)c3ccccc3)ccc12)C(F)(F)F. The van der Waals surface area contributed by atoms with Gasteiger partial charge >= 0.3 is 6.18 Å². The van der Waals surface area contributed by atoms with E-state index in [9.17, 15) is 18.0 Å². The van der Waals surface area contributed by atoms with Gasteiger partial charge in [-0.2, -0.15) is 23.4 Å². The molecule has 0 aliphatic heterocycles. The highest BCUT2D eigenvalue weighted by Crippen LogP contribution is 2.36. The predicted octanol–water partition coefficient (Wildman–Crippen LogP) is 4.55. The number of fused-ring (bicyclic) bond motifs is 1. The normalized spacial score (nSPS) is 12.8. The van der Waals surface area contributed by atoms with Crippen LogP contribution in [-0.4, -0.2) is 22.3 Å². The maximum atomic E-state index is 13.0. The number of carbonyl (C=O) groups excluding carboxylic acids is 1. The van der Waals surface area contributed by atoms with Gasteiger partial charge in [0, 0.05) is 22.0 Å². The van der Waals surface area contributed by atoms with Gasteiger partial charge in [-0.05, 0) is 31.2 Å². The van der Waals surface area contributed by atoms with E-state index in [1.54, 1.807) is 42.5 Å². The highest BCUT2D eigenvalue weighted by molar-refractivity contribution is 6.05. The zero-order valence-electron chi connectivity index (χ0n) is 13.2. The Bertz CT molecular complexity index is 910. The number of hydrogen-bond acceptors (Lipinski definition) is 3. The molecular formula is C18H14F3N3O. The van der Waals surface area contributed by atoms with Gasteiger partial charge in [0.1, 0.15) is 0 Å². The van der Waals surface area contributed by atoms with Crippen LogP contribution in [0.1, 0.15) is 28.9 Å². The molecule has 0 radical (unpaired) electrons. The molecule has 1 atom stereocenters. The van der Waals surface area contributed by atoms with Crippen molar-refractivity contribution >= 4 is 22.4 Å². The molecule has 128 valence electrons. The van der Waals surface area contributed by atoms with Gasteiger partial charge in [0.05, 0.1) is 17.8 Å². The topological polar surface area (TPSA) is 54.9 Å². The fourth-order valence-electron chi connectivity index (χ4n) is 2.46. The average molecular weight is 345 g/mol. The lowest BCUT2D eigenvalue weighted by atomic mass is 10.0. The lowest BCUT2D eigenvalue weighted by Crippen LogP contribution is -2.19. The predicted molar refractivity (Wildman–Crippen MR) is 88.4 cm³/mol. The molecule has 0 bridgehead atoms. The Labute approximate surface area is 141 Å². The molecule has 1 heterocycles. The number of nitrogens with zero attached hydrogens (tertiary/aromatic N) is 2. The summed E-state index contributed by atoms with van der Waals surface area (Å²) in [5.41, 5.74) is 0.827. The first-order valence-corrected chi connectivity index (χ1v) is 7.54. The van der Waals surface area contributed by atoms with Crippen LogP contribution in [0, 0.1) is 0 Å². The molecule has 4 nitrogen and oxygen atoms in total. The van der Waals surface area contributed by atoms with Crippen molar-refractivity contribution in [3.8, 4) is 0 Å². The van der Waals surface area contributed by atoms with Gasteiger partial charge < -0.3 is 5.32 Å². The molecule has 0 saturated carbocycles. The van der Waals surface area contributed by atoms with Gasteiger partial charge in [0.25, 0.3) is 5.91 Å². The molecule has 0 spiro atoms. The third kappa shape index (κ3) is 3.60. The number of amides is 1. The maximum Gasteiger partial charge on any atom is 0.397 e. The maximum absolute atomic E-state index is 13.0. The number of nitrogens with one attached hydrogen (secondary N) is 1. The second kappa shape index (κ2) is 6.51. The van der Waals surface area contributed by atoms with E-state index in [0.717, 1.165) is 6.92 Å². The molecule has 0 aliphatic carbocycles. The Balaban J connectivity index is 1.92. The van der Waals surface area contributed by atoms with Crippen LogP contribution < -0.4 is 5.32 Å². The first-order valence-electron chi connectivity index (χ1n) is 7.54. The second-order valence-electron chi connectivity index (χ2n) is 5.62. The summed E-state index contributed by atoms with van der Waals surface area (Å²) in [6, 6.07) is 13.3. The van der Waals surface area contributed by atoms with Gasteiger partial charge in [-0.3, -0.25) is 4.79 Å². The van der Waals surface area contributed by atoms with Crippen molar-refractivity contribution in [3.05, 3.63) is 66.0 Å². The zero-order chi connectivity index (χ0) is 18.0. The van der Waals surface area contributed by atoms with Crippen molar-refractivity contribution in [1.82, 2.24) is 10.2 Å².